The number of hydrogen-bond acceptors (Lipinski definition) is 4. The van der Waals surface area contributed by atoms with Crippen molar-refractivity contribution in [3.05, 3.63) is 0 Å². The van der Waals surface area contributed by atoms with Crippen LogP contribution in [0.15, 0.2) is 0 Å². The summed E-state index contributed by atoms with van der Waals surface area (Å²) in [7, 11) is -1.70. The van der Waals surface area contributed by atoms with Gasteiger partial charge in [0.15, 0.2) is 8.32 Å². The van der Waals surface area contributed by atoms with Crippen LogP contribution >= 0.6 is 0 Å². The molecule has 1 atom stereocenters. The Bertz CT molecular complexity index is 271. The van der Waals surface area contributed by atoms with E-state index in [0.29, 0.717) is 0 Å². The summed E-state index contributed by atoms with van der Waals surface area (Å²) in [5, 5.41) is 10.4. The maximum atomic E-state index is 11.5. The summed E-state index contributed by atoms with van der Waals surface area (Å²) < 4.78 is 5.94. The third-order valence-electron chi connectivity index (χ3n) is 2.45. The molecule has 0 fully saturated rings. The molecule has 0 spiro atoms. The van der Waals surface area contributed by atoms with E-state index < -0.39 is 20.7 Å². The minimum absolute atomic E-state index is 0.130. The van der Waals surface area contributed by atoms with Gasteiger partial charge >= 0.3 is 0 Å². The highest BCUT2D eigenvalue weighted by atomic mass is 28.4. The van der Waals surface area contributed by atoms with E-state index >= 15 is 0 Å². The Labute approximate surface area is 111 Å². The zero-order chi connectivity index (χ0) is 14.2. The van der Waals surface area contributed by atoms with Crippen LogP contribution in [0.3, 0.4) is 0 Å². The lowest BCUT2D eigenvalue weighted by Gasteiger charge is -2.26. The molecule has 0 aliphatic heterocycles. The van der Waals surface area contributed by atoms with Gasteiger partial charge in [-0.2, -0.15) is 0 Å². The number of aliphatic carboxylic acids is 1. The minimum atomic E-state index is -1.70. The van der Waals surface area contributed by atoms with E-state index in [0.717, 1.165) is 25.7 Å². The predicted molar refractivity (Wildman–Crippen MR) is 71.6 cm³/mol. The minimum Gasteiger partial charge on any atom is -0.550 e. The fourth-order valence-electron chi connectivity index (χ4n) is 1.81. The first-order valence-electron chi connectivity index (χ1n) is 6.64. The summed E-state index contributed by atoms with van der Waals surface area (Å²) in [6.45, 7) is 8.34. The highest BCUT2D eigenvalue weighted by Gasteiger charge is 2.22. The molecular formula is C13H25O4Si-. The number of carboxylic acid groups (broad SMARTS) is 1. The average molecular weight is 273 g/mol. The second kappa shape index (κ2) is 8.42. The normalized spacial score (nSPS) is 13.3. The number of unbranched alkanes of at least 4 members (excludes halogenated alkanes) is 2. The fourth-order valence-corrected chi connectivity index (χ4v) is 3.01. The first-order chi connectivity index (χ1) is 8.24. The molecule has 0 N–H and O–H groups in total. The Morgan fingerprint density at radius 1 is 1.22 bits per heavy atom. The molecular weight excluding hydrogens is 248 g/mol. The van der Waals surface area contributed by atoms with Gasteiger partial charge in [-0.3, -0.25) is 4.79 Å². The van der Waals surface area contributed by atoms with Crippen molar-refractivity contribution in [3.63, 3.8) is 0 Å². The van der Waals surface area contributed by atoms with E-state index in [1.54, 1.807) is 0 Å². The average Bonchev–Trinajstić information content (AvgIpc) is 2.13. The Hall–Kier alpha value is -0.683. The molecule has 0 aliphatic rings. The molecule has 0 bridgehead atoms. The maximum absolute atomic E-state index is 11.5. The van der Waals surface area contributed by atoms with Gasteiger partial charge in [0.2, 0.25) is 0 Å². The van der Waals surface area contributed by atoms with Gasteiger partial charge in [-0.25, -0.2) is 0 Å². The molecule has 0 aromatic heterocycles. The van der Waals surface area contributed by atoms with E-state index in [4.69, 9.17) is 4.43 Å². The molecule has 4 nitrogen and oxygen atoms in total. The molecule has 5 heteroatoms. The van der Waals surface area contributed by atoms with Gasteiger partial charge in [-0.05, 0) is 26.1 Å². The van der Waals surface area contributed by atoms with E-state index in [-0.39, 0.29) is 18.3 Å². The Morgan fingerprint density at radius 3 is 2.28 bits per heavy atom. The zero-order valence-electron chi connectivity index (χ0n) is 12.0. The van der Waals surface area contributed by atoms with E-state index in [9.17, 15) is 14.7 Å². The predicted octanol–water partition coefficient (Wildman–Crippen LogP) is 1.89. The number of rotatable bonds is 10. The Balaban J connectivity index is 4.27. The smallest absolute Gasteiger partial charge is 0.184 e. The third-order valence-corrected chi connectivity index (χ3v) is 3.49. The molecule has 0 rings (SSSR count). The van der Waals surface area contributed by atoms with Crippen LogP contribution in [0.2, 0.25) is 19.6 Å². The van der Waals surface area contributed by atoms with E-state index in [2.05, 4.69) is 26.6 Å². The molecule has 0 saturated heterocycles. The topological polar surface area (TPSA) is 66.4 Å². The van der Waals surface area contributed by atoms with Crippen molar-refractivity contribution in [3.8, 4) is 0 Å². The Kier molecular flexibility index (Phi) is 8.10. The largest absolute Gasteiger partial charge is 0.550 e. The molecule has 0 aromatic carbocycles. The molecule has 18 heavy (non-hydrogen) atoms. The van der Waals surface area contributed by atoms with E-state index in [1.807, 2.05) is 0 Å². The van der Waals surface area contributed by atoms with Gasteiger partial charge in [0.25, 0.3) is 0 Å². The second-order valence-corrected chi connectivity index (χ2v) is 10.1. The van der Waals surface area contributed by atoms with Crippen molar-refractivity contribution in [1.29, 1.82) is 0 Å². The van der Waals surface area contributed by atoms with Crippen molar-refractivity contribution < 1.29 is 19.1 Å². The second-order valence-electron chi connectivity index (χ2n) is 5.64. The quantitative estimate of drug-likeness (QED) is 0.346. The molecule has 0 heterocycles. The van der Waals surface area contributed by atoms with Crippen LogP contribution < -0.4 is 5.11 Å². The van der Waals surface area contributed by atoms with Crippen LogP contribution in [0.4, 0.5) is 0 Å². The first kappa shape index (κ1) is 17.3. The van der Waals surface area contributed by atoms with Crippen LogP contribution in [-0.2, 0) is 14.0 Å². The van der Waals surface area contributed by atoms with Crippen molar-refractivity contribution >= 4 is 20.1 Å². The van der Waals surface area contributed by atoms with Gasteiger partial charge < -0.3 is 14.3 Å². The van der Waals surface area contributed by atoms with Gasteiger partial charge in [-0.15, -0.1) is 0 Å². The number of carbonyl (C=O) groups is 2. The number of carbonyl (C=O) groups excluding carboxylic acids is 2. The standard InChI is InChI=1S/C13H26O4Si/c1-5-6-7-8-12(17-18(2,3)4)9-11(14)10-13(15)16/h12H,5-10H2,1-4H3,(H,15,16)/p-1. The summed E-state index contributed by atoms with van der Waals surface area (Å²) in [6, 6.07) is 0. The monoisotopic (exact) mass is 273 g/mol. The third kappa shape index (κ3) is 10.5. The molecule has 0 saturated carbocycles. The lowest BCUT2D eigenvalue weighted by molar-refractivity contribution is -0.304. The summed E-state index contributed by atoms with van der Waals surface area (Å²) in [5.74, 6) is -1.60. The van der Waals surface area contributed by atoms with Crippen LogP contribution in [-0.4, -0.2) is 26.2 Å². The highest BCUT2D eigenvalue weighted by Crippen LogP contribution is 2.17. The molecule has 106 valence electrons. The zero-order valence-corrected chi connectivity index (χ0v) is 13.0. The van der Waals surface area contributed by atoms with Crippen LogP contribution in [0.25, 0.3) is 0 Å². The van der Waals surface area contributed by atoms with Crippen molar-refractivity contribution in [2.45, 2.75) is 71.2 Å². The molecule has 1 unspecified atom stereocenters. The number of ketones is 1. The van der Waals surface area contributed by atoms with Crippen molar-refractivity contribution in [2.24, 2.45) is 0 Å². The Morgan fingerprint density at radius 2 is 1.83 bits per heavy atom. The van der Waals surface area contributed by atoms with Crippen molar-refractivity contribution in [1.82, 2.24) is 0 Å². The van der Waals surface area contributed by atoms with E-state index in [1.165, 1.54) is 0 Å². The number of hydrogen-bond donors (Lipinski definition) is 0. The lowest BCUT2D eigenvalue weighted by Crippen LogP contribution is -2.34. The summed E-state index contributed by atoms with van der Waals surface area (Å²) >= 11 is 0. The summed E-state index contributed by atoms with van der Waals surface area (Å²) in [5.41, 5.74) is 0. The first-order valence-corrected chi connectivity index (χ1v) is 10.0. The number of Topliss-reactive ketones (excluding diaryl/α,β-unsaturated/α-hetero) is 1. The highest BCUT2D eigenvalue weighted by molar-refractivity contribution is 6.69. The summed E-state index contributed by atoms with van der Waals surface area (Å²) in [4.78, 5) is 21.9. The SMILES string of the molecule is CCCCCC(CC(=O)CC(=O)[O-])O[Si](C)(C)C. The van der Waals surface area contributed by atoms with Gasteiger partial charge in [-0.1, -0.05) is 26.2 Å². The van der Waals surface area contributed by atoms with Gasteiger partial charge in [0, 0.05) is 18.8 Å². The maximum Gasteiger partial charge on any atom is 0.184 e. The lowest BCUT2D eigenvalue weighted by atomic mass is 10.0. The van der Waals surface area contributed by atoms with Crippen LogP contribution in [0.5, 0.6) is 0 Å². The molecule has 0 aliphatic carbocycles. The fraction of sp³-hybridized carbons (Fsp3) is 0.846. The molecule has 0 aromatic rings. The summed E-state index contributed by atoms with van der Waals surface area (Å²) in [6.07, 6.45) is 3.64. The van der Waals surface area contributed by atoms with Crippen LogP contribution in [0.1, 0.15) is 45.4 Å². The van der Waals surface area contributed by atoms with Gasteiger partial charge in [0.05, 0.1) is 6.10 Å². The van der Waals surface area contributed by atoms with Gasteiger partial charge in [0.1, 0.15) is 5.78 Å². The van der Waals surface area contributed by atoms with Crippen molar-refractivity contribution in [2.75, 3.05) is 0 Å². The number of carboxylic acids is 1. The van der Waals surface area contributed by atoms with Crippen LogP contribution in [0, 0.1) is 0 Å². The molecule has 0 amide bonds. The molecule has 0 radical (unpaired) electrons.